The van der Waals surface area contributed by atoms with Crippen molar-refractivity contribution in [1.82, 2.24) is 0 Å². The Labute approximate surface area is 170 Å². The zero-order valence-corrected chi connectivity index (χ0v) is 18.3. The van der Waals surface area contributed by atoms with Crippen LogP contribution in [0.5, 0.6) is 0 Å². The van der Waals surface area contributed by atoms with E-state index >= 15 is 0 Å². The highest BCUT2D eigenvalue weighted by Crippen LogP contribution is 2.31. The Balaban J connectivity index is 0.00000190. The smallest absolute Gasteiger partial charge is 0.306 e. The Morgan fingerprint density at radius 1 is 0.643 bits per heavy atom. The summed E-state index contributed by atoms with van der Waals surface area (Å²) < 4.78 is 10.1. The Bertz CT molecular complexity index is 429. The van der Waals surface area contributed by atoms with Crippen LogP contribution in [-0.4, -0.2) is 30.9 Å². The molecule has 0 aliphatic heterocycles. The minimum absolute atomic E-state index is 0.295. The van der Waals surface area contributed by atoms with Crippen molar-refractivity contribution >= 4 is 17.7 Å². The molecule has 0 aromatic heterocycles. The van der Waals surface area contributed by atoms with E-state index in [1.54, 1.807) is 0 Å². The first-order chi connectivity index (χ1) is 13.4. The summed E-state index contributed by atoms with van der Waals surface area (Å²) in [7, 11) is 0. The van der Waals surface area contributed by atoms with E-state index < -0.39 is 0 Å². The van der Waals surface area contributed by atoms with Crippen LogP contribution in [0.4, 0.5) is 0 Å². The molecule has 0 atom stereocenters. The van der Waals surface area contributed by atoms with Crippen LogP contribution in [0.1, 0.15) is 91.9 Å². The van der Waals surface area contributed by atoms with E-state index in [4.69, 9.17) is 9.47 Å². The highest BCUT2D eigenvalue weighted by molar-refractivity contribution is 5.85. The molecule has 0 bridgehead atoms. The zero-order chi connectivity index (χ0) is 20.9. The van der Waals surface area contributed by atoms with Crippen LogP contribution in [0, 0.1) is 23.7 Å². The molecule has 0 aromatic carbocycles. The summed E-state index contributed by atoms with van der Waals surface area (Å²) in [6.45, 7) is 7.89. The molecular weight excluding hydrogens is 356 g/mol. The number of ether oxygens (including phenoxy) is 2. The second-order valence-electron chi connectivity index (χ2n) is 8.52. The predicted molar refractivity (Wildman–Crippen MR) is 110 cm³/mol. The van der Waals surface area contributed by atoms with Crippen molar-refractivity contribution < 1.29 is 23.9 Å². The Kier molecular flexibility index (Phi) is 12.1. The van der Waals surface area contributed by atoms with Gasteiger partial charge in [0, 0.05) is 12.8 Å². The molecular formula is C23H40O5. The van der Waals surface area contributed by atoms with Crippen molar-refractivity contribution in [3.8, 4) is 0 Å². The van der Waals surface area contributed by atoms with Crippen molar-refractivity contribution in [1.29, 1.82) is 0 Å². The van der Waals surface area contributed by atoms with Gasteiger partial charge in [0.15, 0.2) is 13.2 Å². The molecule has 5 nitrogen and oxygen atoms in total. The Hall–Kier alpha value is -1.39. The van der Waals surface area contributed by atoms with Gasteiger partial charge in [-0.25, -0.2) is 0 Å². The number of ketones is 1. The third kappa shape index (κ3) is 10.2. The number of esters is 2. The van der Waals surface area contributed by atoms with Crippen LogP contribution in [0.2, 0.25) is 0 Å². The minimum Gasteiger partial charge on any atom is -0.458 e. The maximum absolute atomic E-state index is 11.8. The maximum atomic E-state index is 11.8. The van der Waals surface area contributed by atoms with Crippen molar-refractivity contribution in [2.45, 2.75) is 91.9 Å². The van der Waals surface area contributed by atoms with Crippen molar-refractivity contribution in [2.75, 3.05) is 13.2 Å². The summed E-state index contributed by atoms with van der Waals surface area (Å²) in [4.78, 5) is 35.5. The van der Waals surface area contributed by atoms with Crippen molar-refractivity contribution in [3.05, 3.63) is 0 Å². The third-order valence-corrected chi connectivity index (χ3v) is 5.97. The first-order valence-electron chi connectivity index (χ1n) is 11.2. The topological polar surface area (TPSA) is 69.7 Å². The Morgan fingerprint density at radius 2 is 0.964 bits per heavy atom. The fraction of sp³-hybridized carbons (Fsp3) is 0.870. The van der Waals surface area contributed by atoms with Gasteiger partial charge in [0.1, 0.15) is 0 Å². The average Bonchev–Trinajstić information content (AvgIpc) is 2.70. The average molecular weight is 397 g/mol. The van der Waals surface area contributed by atoms with E-state index in [2.05, 4.69) is 13.8 Å². The molecule has 5 heteroatoms. The van der Waals surface area contributed by atoms with Gasteiger partial charge < -0.3 is 9.47 Å². The molecule has 2 aliphatic carbocycles. The van der Waals surface area contributed by atoms with E-state index in [-0.39, 0.29) is 30.9 Å². The van der Waals surface area contributed by atoms with Gasteiger partial charge in [-0.05, 0) is 49.4 Å². The highest BCUT2D eigenvalue weighted by atomic mass is 16.6. The molecule has 0 heterocycles. The molecule has 0 radical (unpaired) electrons. The summed E-state index contributed by atoms with van der Waals surface area (Å²) >= 11 is 0. The summed E-state index contributed by atoms with van der Waals surface area (Å²) in [6, 6.07) is 0. The van der Waals surface area contributed by atoms with E-state index in [0.29, 0.717) is 24.7 Å². The number of hydrogen-bond acceptors (Lipinski definition) is 5. The molecule has 0 saturated heterocycles. The van der Waals surface area contributed by atoms with E-state index in [1.807, 2.05) is 13.8 Å². The first kappa shape index (κ1) is 24.6. The normalized spacial score (nSPS) is 27.1. The van der Waals surface area contributed by atoms with Gasteiger partial charge in [-0.2, -0.15) is 0 Å². The van der Waals surface area contributed by atoms with Crippen LogP contribution in [0.3, 0.4) is 0 Å². The highest BCUT2D eigenvalue weighted by Gasteiger charge is 2.23. The first-order valence-corrected chi connectivity index (χ1v) is 11.2. The quantitative estimate of drug-likeness (QED) is 0.534. The van der Waals surface area contributed by atoms with Gasteiger partial charge in [-0.3, -0.25) is 14.4 Å². The van der Waals surface area contributed by atoms with Gasteiger partial charge in [0.2, 0.25) is 5.78 Å². The lowest BCUT2D eigenvalue weighted by Crippen LogP contribution is -2.23. The molecule has 0 amide bonds. The molecule has 0 N–H and O–H groups in total. The molecule has 0 spiro atoms. The van der Waals surface area contributed by atoms with Crippen LogP contribution in [0.25, 0.3) is 0 Å². The molecule has 28 heavy (non-hydrogen) atoms. The lowest BCUT2D eigenvalue weighted by Gasteiger charge is -2.25. The molecule has 0 aromatic rings. The summed E-state index contributed by atoms with van der Waals surface area (Å²) in [5.41, 5.74) is 0. The summed E-state index contributed by atoms with van der Waals surface area (Å²) in [6.07, 6.45) is 9.64. The van der Waals surface area contributed by atoms with E-state index in [0.717, 1.165) is 63.2 Å². The van der Waals surface area contributed by atoms with Crippen LogP contribution >= 0.6 is 0 Å². The number of Topliss-reactive ketones (excluding diaryl/α,β-unsaturated/α-hetero) is 1. The van der Waals surface area contributed by atoms with Gasteiger partial charge in [0.25, 0.3) is 0 Å². The Morgan fingerprint density at radius 3 is 1.29 bits per heavy atom. The summed E-state index contributed by atoms with van der Waals surface area (Å²) in [5.74, 6) is 1.25. The van der Waals surface area contributed by atoms with Gasteiger partial charge in [0.05, 0.1) is 0 Å². The largest absolute Gasteiger partial charge is 0.458 e. The predicted octanol–water partition coefficient (Wildman–Crippen LogP) is 5.10. The van der Waals surface area contributed by atoms with Crippen molar-refractivity contribution in [2.24, 2.45) is 23.7 Å². The maximum Gasteiger partial charge on any atom is 0.306 e. The number of hydrogen-bond donors (Lipinski definition) is 0. The molecule has 2 aliphatic rings. The van der Waals surface area contributed by atoms with Gasteiger partial charge >= 0.3 is 11.9 Å². The lowest BCUT2D eigenvalue weighted by molar-refractivity contribution is -0.154. The number of rotatable bonds is 8. The van der Waals surface area contributed by atoms with Gasteiger partial charge in [-0.1, -0.05) is 53.4 Å². The van der Waals surface area contributed by atoms with Crippen molar-refractivity contribution in [3.63, 3.8) is 0 Å². The molecule has 162 valence electrons. The second-order valence-corrected chi connectivity index (χ2v) is 8.52. The fourth-order valence-electron chi connectivity index (χ4n) is 4.02. The fourth-order valence-corrected chi connectivity index (χ4v) is 4.02. The van der Waals surface area contributed by atoms with Crippen LogP contribution in [-0.2, 0) is 23.9 Å². The lowest BCUT2D eigenvalue weighted by atomic mass is 9.81. The van der Waals surface area contributed by atoms with Gasteiger partial charge in [-0.15, -0.1) is 0 Å². The number of carbonyl (C=O) groups is 3. The standard InChI is InChI=1S/C21H34O5.C2H6/c1-15-3-7-17(8-4-15)11-20(23)25-13-19(22)14-26-21(24)12-18-9-5-16(2)6-10-18;1-2/h15-18H,3-14H2,1-2H3;1-2H3. The summed E-state index contributed by atoms with van der Waals surface area (Å²) in [5, 5.41) is 0. The number of carbonyl (C=O) groups excluding carboxylic acids is 3. The second kappa shape index (κ2) is 13.7. The molecule has 2 rings (SSSR count). The zero-order valence-electron chi connectivity index (χ0n) is 18.3. The van der Waals surface area contributed by atoms with E-state index in [1.165, 1.54) is 0 Å². The molecule has 2 saturated carbocycles. The SMILES string of the molecule is CC.CC1CCC(CC(=O)OCC(=O)COC(=O)CC2CCC(C)CC2)CC1. The van der Waals surface area contributed by atoms with Crippen LogP contribution in [0.15, 0.2) is 0 Å². The van der Waals surface area contributed by atoms with Crippen LogP contribution < -0.4 is 0 Å². The molecule has 0 unspecified atom stereocenters. The molecule has 2 fully saturated rings. The van der Waals surface area contributed by atoms with E-state index in [9.17, 15) is 14.4 Å². The third-order valence-electron chi connectivity index (χ3n) is 5.97. The minimum atomic E-state index is -0.360. The monoisotopic (exact) mass is 396 g/mol.